The Kier molecular flexibility index (Phi) is 11.4. The molecule has 0 unspecified atom stereocenters. The van der Waals surface area contributed by atoms with E-state index < -0.39 is 5.92 Å². The molecule has 1 aliphatic rings. The Hall–Kier alpha value is -0.180. The van der Waals surface area contributed by atoms with E-state index in [2.05, 4.69) is 20.8 Å². The smallest absolute Gasteiger partial charge is 0.251 e. The van der Waals surface area contributed by atoms with Gasteiger partial charge in [-0.3, -0.25) is 0 Å². The maximum Gasteiger partial charge on any atom is 0.251 e. The van der Waals surface area contributed by atoms with Crippen LogP contribution >= 0.6 is 0 Å². The highest BCUT2D eigenvalue weighted by Crippen LogP contribution is 2.35. The monoisotopic (exact) mass is 237 g/mol. The molecule has 0 saturated heterocycles. The predicted octanol–water partition coefficient (Wildman–Crippen LogP) is 4.60. The number of unbranched alkanes of at least 4 members (excludes halogenated alkanes) is 1. The molecule has 0 atom stereocenters. The molecule has 0 aromatic heterocycles. The van der Waals surface area contributed by atoms with Crippen molar-refractivity contribution >= 4 is 0 Å². The summed E-state index contributed by atoms with van der Waals surface area (Å²) in [5.74, 6) is -1.53. The minimum absolute atomic E-state index is 0.118. The standard InChI is InChI=1S/C7H16.C4H7F2N.C2H6/c1-4-5-6-7(2)3;5-4(6)1-3(7)2-4;1-2/h7H,4-6H2,1-3H3;3H,1-2,7H2;1-2H3. The molecular formula is C13H29F2N. The van der Waals surface area contributed by atoms with E-state index in [0.717, 1.165) is 5.92 Å². The van der Waals surface area contributed by atoms with Crippen LogP contribution in [0.1, 0.15) is 66.7 Å². The Morgan fingerprint density at radius 2 is 1.69 bits per heavy atom. The molecule has 1 aliphatic carbocycles. The van der Waals surface area contributed by atoms with Gasteiger partial charge in [0.1, 0.15) is 0 Å². The maximum absolute atomic E-state index is 11.7. The number of nitrogens with two attached hydrogens (primary N) is 1. The van der Waals surface area contributed by atoms with Crippen LogP contribution < -0.4 is 5.73 Å². The van der Waals surface area contributed by atoms with Gasteiger partial charge in [-0.25, -0.2) is 8.78 Å². The Morgan fingerprint density at radius 1 is 1.25 bits per heavy atom. The highest BCUT2D eigenvalue weighted by molar-refractivity contribution is 4.88. The molecule has 2 N–H and O–H groups in total. The van der Waals surface area contributed by atoms with E-state index in [1.165, 1.54) is 19.3 Å². The first-order chi connectivity index (χ1) is 7.37. The molecule has 0 amide bonds. The second-order valence-electron chi connectivity index (χ2n) is 4.56. The maximum atomic E-state index is 11.7. The average Bonchev–Trinajstić information content (AvgIpc) is 2.16. The summed E-state index contributed by atoms with van der Waals surface area (Å²) < 4.78 is 23.4. The summed E-state index contributed by atoms with van der Waals surface area (Å²) in [6.45, 7) is 10.8. The van der Waals surface area contributed by atoms with Gasteiger partial charge in [0, 0.05) is 18.9 Å². The first kappa shape index (κ1) is 18.2. The molecule has 16 heavy (non-hydrogen) atoms. The van der Waals surface area contributed by atoms with Crippen molar-refractivity contribution in [2.24, 2.45) is 11.7 Å². The third-order valence-electron chi connectivity index (χ3n) is 2.26. The largest absolute Gasteiger partial charge is 0.327 e. The zero-order valence-electron chi connectivity index (χ0n) is 11.5. The molecule has 1 rings (SSSR count). The van der Waals surface area contributed by atoms with Crippen molar-refractivity contribution in [2.45, 2.75) is 78.7 Å². The van der Waals surface area contributed by atoms with Crippen molar-refractivity contribution in [3.8, 4) is 0 Å². The van der Waals surface area contributed by atoms with E-state index in [1.807, 2.05) is 13.8 Å². The molecule has 0 aromatic rings. The van der Waals surface area contributed by atoms with Gasteiger partial charge in [-0.15, -0.1) is 0 Å². The van der Waals surface area contributed by atoms with Gasteiger partial charge in [-0.1, -0.05) is 53.9 Å². The molecule has 0 heterocycles. The number of halogens is 2. The Labute approximate surface area is 99.8 Å². The van der Waals surface area contributed by atoms with Crippen molar-refractivity contribution in [3.05, 3.63) is 0 Å². The number of hydrogen-bond donors (Lipinski definition) is 1. The lowest BCUT2D eigenvalue weighted by atomic mass is 9.89. The van der Waals surface area contributed by atoms with Gasteiger partial charge in [0.25, 0.3) is 5.92 Å². The van der Waals surface area contributed by atoms with Gasteiger partial charge in [0.15, 0.2) is 0 Å². The first-order valence-corrected chi connectivity index (χ1v) is 6.50. The van der Waals surface area contributed by atoms with E-state index >= 15 is 0 Å². The lowest BCUT2D eigenvalue weighted by molar-refractivity contribution is -0.0840. The normalized spacial score (nSPS) is 17.8. The zero-order chi connectivity index (χ0) is 13.2. The summed E-state index contributed by atoms with van der Waals surface area (Å²) in [5.41, 5.74) is 5.07. The first-order valence-electron chi connectivity index (χ1n) is 6.50. The molecule has 1 fully saturated rings. The van der Waals surface area contributed by atoms with Crippen LogP contribution in [0.15, 0.2) is 0 Å². The van der Waals surface area contributed by atoms with E-state index in [-0.39, 0.29) is 18.9 Å². The van der Waals surface area contributed by atoms with Gasteiger partial charge in [0.05, 0.1) is 0 Å². The molecule has 0 spiro atoms. The summed E-state index contributed by atoms with van der Waals surface area (Å²) in [5, 5.41) is 0. The topological polar surface area (TPSA) is 26.0 Å². The third kappa shape index (κ3) is 11.9. The lowest BCUT2D eigenvalue weighted by Gasteiger charge is -2.31. The molecule has 0 aromatic carbocycles. The molecule has 1 nitrogen and oxygen atoms in total. The van der Waals surface area contributed by atoms with Crippen LogP contribution in [-0.4, -0.2) is 12.0 Å². The fourth-order valence-electron chi connectivity index (χ4n) is 1.32. The summed E-state index contributed by atoms with van der Waals surface area (Å²) in [6.07, 6.45) is 3.91. The molecule has 0 radical (unpaired) electrons. The second-order valence-corrected chi connectivity index (χ2v) is 4.56. The highest BCUT2D eigenvalue weighted by atomic mass is 19.3. The van der Waals surface area contributed by atoms with E-state index in [9.17, 15) is 8.78 Å². The van der Waals surface area contributed by atoms with Crippen LogP contribution in [0, 0.1) is 5.92 Å². The Morgan fingerprint density at radius 3 is 1.75 bits per heavy atom. The minimum atomic E-state index is -2.43. The zero-order valence-corrected chi connectivity index (χ0v) is 11.5. The predicted molar refractivity (Wildman–Crippen MR) is 67.9 cm³/mol. The van der Waals surface area contributed by atoms with Gasteiger partial charge in [-0.2, -0.15) is 0 Å². The lowest BCUT2D eigenvalue weighted by Crippen LogP contribution is -2.45. The molecule has 100 valence electrons. The fraction of sp³-hybridized carbons (Fsp3) is 1.00. The molecule has 3 heteroatoms. The van der Waals surface area contributed by atoms with Gasteiger partial charge in [0.2, 0.25) is 0 Å². The van der Waals surface area contributed by atoms with E-state index in [1.54, 1.807) is 0 Å². The Balaban J connectivity index is 0. The van der Waals surface area contributed by atoms with Crippen LogP contribution in [0.2, 0.25) is 0 Å². The summed E-state index contributed by atoms with van der Waals surface area (Å²) in [7, 11) is 0. The quantitative estimate of drug-likeness (QED) is 0.762. The summed E-state index contributed by atoms with van der Waals surface area (Å²) in [6, 6.07) is -0.241. The molecule has 0 aliphatic heterocycles. The summed E-state index contributed by atoms with van der Waals surface area (Å²) >= 11 is 0. The average molecular weight is 237 g/mol. The van der Waals surface area contributed by atoms with Crippen molar-refractivity contribution in [3.63, 3.8) is 0 Å². The second kappa shape index (κ2) is 10.0. The summed E-state index contributed by atoms with van der Waals surface area (Å²) in [4.78, 5) is 0. The number of alkyl halides is 2. The molecule has 0 bridgehead atoms. The minimum Gasteiger partial charge on any atom is -0.327 e. The van der Waals surface area contributed by atoms with Crippen LogP contribution in [0.5, 0.6) is 0 Å². The SMILES string of the molecule is CC.CCCCC(C)C.NC1CC(F)(F)C1. The number of rotatable bonds is 3. The van der Waals surface area contributed by atoms with Gasteiger partial charge in [-0.05, 0) is 5.92 Å². The molecular weight excluding hydrogens is 208 g/mol. The van der Waals surface area contributed by atoms with Crippen LogP contribution in [0.4, 0.5) is 8.78 Å². The van der Waals surface area contributed by atoms with Crippen molar-refractivity contribution < 1.29 is 8.78 Å². The van der Waals surface area contributed by atoms with Crippen LogP contribution in [0.25, 0.3) is 0 Å². The van der Waals surface area contributed by atoms with Crippen LogP contribution in [-0.2, 0) is 0 Å². The van der Waals surface area contributed by atoms with E-state index in [4.69, 9.17) is 5.73 Å². The fourth-order valence-corrected chi connectivity index (χ4v) is 1.32. The van der Waals surface area contributed by atoms with Gasteiger partial charge >= 0.3 is 0 Å². The van der Waals surface area contributed by atoms with Crippen LogP contribution in [0.3, 0.4) is 0 Å². The van der Waals surface area contributed by atoms with Crippen molar-refractivity contribution in [2.75, 3.05) is 0 Å². The Bertz CT molecular complexity index is 139. The van der Waals surface area contributed by atoms with E-state index in [0.29, 0.717) is 0 Å². The van der Waals surface area contributed by atoms with Crippen molar-refractivity contribution in [1.29, 1.82) is 0 Å². The third-order valence-corrected chi connectivity index (χ3v) is 2.26. The highest BCUT2D eigenvalue weighted by Gasteiger charge is 2.43. The van der Waals surface area contributed by atoms with Crippen molar-refractivity contribution in [1.82, 2.24) is 0 Å². The molecule has 1 saturated carbocycles. The number of hydrogen-bond acceptors (Lipinski definition) is 1. The van der Waals surface area contributed by atoms with Gasteiger partial charge < -0.3 is 5.73 Å².